The van der Waals surface area contributed by atoms with Crippen LogP contribution >= 0.6 is 0 Å². The number of ether oxygens (including phenoxy) is 1. The van der Waals surface area contributed by atoms with E-state index in [1.54, 1.807) is 31.4 Å². The predicted molar refractivity (Wildman–Crippen MR) is 103 cm³/mol. The highest BCUT2D eigenvalue weighted by molar-refractivity contribution is 6.12. The molecule has 1 aromatic heterocycles. The Bertz CT molecular complexity index is 1110. The predicted octanol–water partition coefficient (Wildman–Crippen LogP) is 6.08. The molecule has 0 aliphatic heterocycles. The van der Waals surface area contributed by atoms with E-state index in [1.807, 2.05) is 36.4 Å². The van der Waals surface area contributed by atoms with Gasteiger partial charge in [0.1, 0.15) is 11.4 Å². The summed E-state index contributed by atoms with van der Waals surface area (Å²) >= 11 is 0. The molecular weight excluding hydrogens is 343 g/mol. The first-order valence-corrected chi connectivity index (χ1v) is 8.71. The highest BCUT2D eigenvalue weighted by atomic mass is 19.1. The molecule has 0 bridgehead atoms. The molecule has 0 radical (unpaired) electrons. The lowest BCUT2D eigenvalue weighted by atomic mass is 9.96. The third-order valence-corrected chi connectivity index (χ3v) is 4.44. The number of hydrogen-bond acceptors (Lipinski definition) is 3. The lowest BCUT2D eigenvalue weighted by molar-refractivity contribution is 0.0528. The summed E-state index contributed by atoms with van der Waals surface area (Å²) in [5.41, 5.74) is 4.10. The van der Waals surface area contributed by atoms with Crippen LogP contribution in [0.5, 0.6) is 0 Å². The van der Waals surface area contributed by atoms with Crippen LogP contribution in [0, 0.1) is 5.82 Å². The van der Waals surface area contributed by atoms with E-state index in [0.717, 1.165) is 16.7 Å². The maximum absolute atomic E-state index is 13.7. The van der Waals surface area contributed by atoms with Crippen molar-refractivity contribution in [1.29, 1.82) is 0 Å². The van der Waals surface area contributed by atoms with Gasteiger partial charge in [0.25, 0.3) is 0 Å². The summed E-state index contributed by atoms with van der Waals surface area (Å²) in [4.78, 5) is 12.5. The Kier molecular flexibility index (Phi) is 4.47. The zero-order valence-electron chi connectivity index (χ0n) is 14.7. The van der Waals surface area contributed by atoms with E-state index in [4.69, 9.17) is 9.15 Å². The van der Waals surface area contributed by atoms with Gasteiger partial charge in [-0.05, 0) is 42.3 Å². The maximum atomic E-state index is 13.7. The Labute approximate surface area is 156 Å². The molecule has 4 rings (SSSR count). The molecule has 0 atom stereocenters. The molecule has 0 aliphatic rings. The van der Waals surface area contributed by atoms with Crippen LogP contribution in [-0.2, 0) is 4.74 Å². The van der Waals surface area contributed by atoms with Gasteiger partial charge in [-0.25, -0.2) is 9.18 Å². The van der Waals surface area contributed by atoms with E-state index < -0.39 is 5.97 Å². The molecule has 1 heterocycles. The molecule has 0 N–H and O–H groups in total. The van der Waals surface area contributed by atoms with E-state index in [1.165, 1.54) is 12.1 Å². The van der Waals surface area contributed by atoms with Gasteiger partial charge < -0.3 is 9.15 Å². The largest absolute Gasteiger partial charge is 0.463 e. The molecule has 0 amide bonds. The van der Waals surface area contributed by atoms with Gasteiger partial charge in [-0.2, -0.15) is 0 Å². The minimum absolute atomic E-state index is 0.282. The second kappa shape index (κ2) is 7.08. The zero-order chi connectivity index (χ0) is 18.8. The Hall–Kier alpha value is -3.40. The number of halogens is 1. The third kappa shape index (κ3) is 3.10. The number of esters is 1. The van der Waals surface area contributed by atoms with Gasteiger partial charge in [-0.1, -0.05) is 42.5 Å². The first kappa shape index (κ1) is 17.0. The molecule has 0 aliphatic carbocycles. The Balaban J connectivity index is 2.01. The van der Waals surface area contributed by atoms with Crippen LogP contribution in [-0.4, -0.2) is 12.6 Å². The molecule has 0 unspecified atom stereocenters. The Morgan fingerprint density at radius 3 is 2.48 bits per heavy atom. The van der Waals surface area contributed by atoms with Gasteiger partial charge >= 0.3 is 5.97 Å². The topological polar surface area (TPSA) is 39.4 Å². The lowest BCUT2D eigenvalue weighted by Gasteiger charge is -2.09. The van der Waals surface area contributed by atoms with Crippen LogP contribution in [0.3, 0.4) is 0 Å². The summed E-state index contributed by atoms with van der Waals surface area (Å²) in [5.74, 6) is -0.739. The van der Waals surface area contributed by atoms with Crippen molar-refractivity contribution in [2.45, 2.75) is 6.92 Å². The van der Waals surface area contributed by atoms with Crippen molar-refractivity contribution >= 4 is 16.9 Å². The Morgan fingerprint density at radius 2 is 1.74 bits per heavy atom. The average molecular weight is 360 g/mol. The number of carbonyl (C=O) groups is 1. The Morgan fingerprint density at radius 1 is 0.963 bits per heavy atom. The fourth-order valence-electron chi connectivity index (χ4n) is 3.24. The van der Waals surface area contributed by atoms with E-state index in [-0.39, 0.29) is 12.4 Å². The van der Waals surface area contributed by atoms with Crippen LogP contribution in [0.15, 0.2) is 77.4 Å². The van der Waals surface area contributed by atoms with Crippen molar-refractivity contribution in [2.75, 3.05) is 6.61 Å². The second-order valence-corrected chi connectivity index (χ2v) is 6.11. The summed E-state index contributed by atoms with van der Waals surface area (Å²) in [6.07, 6.45) is 1.63. The minimum Gasteiger partial charge on any atom is -0.463 e. The van der Waals surface area contributed by atoms with Gasteiger partial charge in [0.05, 0.1) is 18.4 Å². The number of carbonyl (C=O) groups excluding carboxylic acids is 1. The number of furan rings is 1. The van der Waals surface area contributed by atoms with Crippen molar-refractivity contribution < 1.29 is 18.3 Å². The summed E-state index contributed by atoms with van der Waals surface area (Å²) in [5, 5.41) is 0.668. The van der Waals surface area contributed by atoms with Crippen molar-refractivity contribution in [1.82, 2.24) is 0 Å². The third-order valence-electron chi connectivity index (χ3n) is 4.44. The first-order chi connectivity index (χ1) is 13.2. The monoisotopic (exact) mass is 360 g/mol. The van der Waals surface area contributed by atoms with Gasteiger partial charge in [0.15, 0.2) is 0 Å². The molecule has 4 aromatic rings. The van der Waals surface area contributed by atoms with Gasteiger partial charge in [-0.15, -0.1) is 0 Å². The zero-order valence-corrected chi connectivity index (χ0v) is 14.7. The molecule has 3 nitrogen and oxygen atoms in total. The maximum Gasteiger partial charge on any atom is 0.338 e. The van der Waals surface area contributed by atoms with Crippen LogP contribution in [0.1, 0.15) is 17.3 Å². The SMILES string of the molecule is CCOC(=O)c1ccc(-c2cccc(F)c2)c2occ(-c3ccccc3)c12. The second-order valence-electron chi connectivity index (χ2n) is 6.11. The lowest BCUT2D eigenvalue weighted by Crippen LogP contribution is -2.05. The highest BCUT2D eigenvalue weighted by Crippen LogP contribution is 2.39. The van der Waals surface area contributed by atoms with Crippen LogP contribution in [0.2, 0.25) is 0 Å². The normalized spacial score (nSPS) is 10.9. The van der Waals surface area contributed by atoms with E-state index in [9.17, 15) is 9.18 Å². The van der Waals surface area contributed by atoms with Crippen LogP contribution in [0.4, 0.5) is 4.39 Å². The molecule has 134 valence electrons. The smallest absolute Gasteiger partial charge is 0.338 e. The van der Waals surface area contributed by atoms with Crippen molar-refractivity contribution in [3.8, 4) is 22.3 Å². The average Bonchev–Trinajstić information content (AvgIpc) is 3.13. The summed E-state index contributed by atoms with van der Waals surface area (Å²) in [6, 6.07) is 19.5. The van der Waals surface area contributed by atoms with Crippen molar-refractivity contribution in [3.63, 3.8) is 0 Å². The van der Waals surface area contributed by atoms with E-state index in [2.05, 4.69) is 0 Å². The standard InChI is InChI=1S/C23H17FO3/c1-2-26-23(25)19-12-11-18(16-9-6-10-17(24)13-16)22-21(19)20(14-27-22)15-7-4-3-5-8-15/h3-14H,2H2,1H3. The fraction of sp³-hybridized carbons (Fsp3) is 0.0870. The molecule has 0 saturated carbocycles. The molecule has 27 heavy (non-hydrogen) atoms. The summed E-state index contributed by atoms with van der Waals surface area (Å²) < 4.78 is 24.8. The van der Waals surface area contributed by atoms with Crippen LogP contribution < -0.4 is 0 Å². The quantitative estimate of drug-likeness (QED) is 0.414. The highest BCUT2D eigenvalue weighted by Gasteiger charge is 2.21. The number of benzene rings is 3. The summed E-state index contributed by atoms with van der Waals surface area (Å²) in [6.45, 7) is 2.05. The first-order valence-electron chi connectivity index (χ1n) is 8.71. The van der Waals surface area contributed by atoms with Crippen molar-refractivity contribution in [3.05, 3.63) is 84.4 Å². The molecule has 4 heteroatoms. The van der Waals surface area contributed by atoms with Gasteiger partial charge in [0, 0.05) is 16.5 Å². The summed E-state index contributed by atoms with van der Waals surface area (Å²) in [7, 11) is 0. The minimum atomic E-state index is -0.410. The van der Waals surface area contributed by atoms with E-state index >= 15 is 0 Å². The molecule has 0 saturated heterocycles. The number of fused-ring (bicyclic) bond motifs is 1. The van der Waals surface area contributed by atoms with Gasteiger partial charge in [0.2, 0.25) is 0 Å². The number of hydrogen-bond donors (Lipinski definition) is 0. The van der Waals surface area contributed by atoms with Crippen LogP contribution in [0.25, 0.3) is 33.2 Å². The van der Waals surface area contributed by atoms with E-state index in [0.29, 0.717) is 22.1 Å². The molecule has 0 spiro atoms. The molecular formula is C23H17FO3. The van der Waals surface area contributed by atoms with Crippen molar-refractivity contribution in [2.24, 2.45) is 0 Å². The van der Waals surface area contributed by atoms with Gasteiger partial charge in [-0.3, -0.25) is 0 Å². The number of rotatable bonds is 4. The molecule has 3 aromatic carbocycles. The fourth-order valence-corrected chi connectivity index (χ4v) is 3.24. The molecule has 0 fully saturated rings.